The summed E-state index contributed by atoms with van der Waals surface area (Å²) in [5.41, 5.74) is 18.2. The van der Waals surface area contributed by atoms with Crippen molar-refractivity contribution in [1.29, 1.82) is 0 Å². The van der Waals surface area contributed by atoms with Gasteiger partial charge in [0.25, 0.3) is 0 Å². The van der Waals surface area contributed by atoms with Gasteiger partial charge in [-0.05, 0) is 117 Å². The summed E-state index contributed by atoms with van der Waals surface area (Å²) >= 11 is 0. The van der Waals surface area contributed by atoms with Crippen molar-refractivity contribution in [2.75, 3.05) is 17.3 Å². The third kappa shape index (κ3) is 4.20. The van der Waals surface area contributed by atoms with E-state index in [4.69, 9.17) is 0 Å². The summed E-state index contributed by atoms with van der Waals surface area (Å²) in [5, 5.41) is 3.60. The summed E-state index contributed by atoms with van der Waals surface area (Å²) in [6.07, 6.45) is 2.02. The van der Waals surface area contributed by atoms with E-state index < -0.39 is 0 Å². The maximum Gasteiger partial charge on any atom is 0.0411 e. The number of nitrogens with one attached hydrogen (secondary N) is 1. The molecule has 0 aliphatic heterocycles. The van der Waals surface area contributed by atoms with E-state index in [0.717, 1.165) is 24.2 Å². The van der Waals surface area contributed by atoms with Crippen molar-refractivity contribution < 1.29 is 0 Å². The third-order valence-electron chi connectivity index (χ3n) is 8.72. The van der Waals surface area contributed by atoms with Crippen LogP contribution < -0.4 is 10.2 Å². The van der Waals surface area contributed by atoms with Crippen molar-refractivity contribution >= 4 is 22.7 Å². The first kappa shape index (κ1) is 23.8. The zero-order valence-electron chi connectivity index (χ0n) is 23.1. The van der Waals surface area contributed by atoms with E-state index in [2.05, 4.69) is 151 Å². The predicted octanol–water partition coefficient (Wildman–Crippen LogP) is 10.0. The Morgan fingerprint density at radius 1 is 0.439 bits per heavy atom. The monoisotopic (exact) mass is 526 g/mol. The molecule has 0 heterocycles. The Morgan fingerprint density at radius 3 is 1.59 bits per heavy atom. The summed E-state index contributed by atoms with van der Waals surface area (Å²) in [7, 11) is 2.15. The number of anilines is 4. The molecule has 0 atom stereocenters. The summed E-state index contributed by atoms with van der Waals surface area (Å²) in [4.78, 5) is 2.27. The molecular weight excluding hydrogens is 496 g/mol. The second-order valence-electron chi connectivity index (χ2n) is 11.2. The molecule has 8 rings (SSSR count). The van der Waals surface area contributed by atoms with Gasteiger partial charge < -0.3 is 10.2 Å². The van der Waals surface area contributed by atoms with Gasteiger partial charge in [0.2, 0.25) is 0 Å². The van der Waals surface area contributed by atoms with E-state index in [9.17, 15) is 0 Å². The van der Waals surface area contributed by atoms with Crippen LogP contribution in [0.15, 0.2) is 133 Å². The molecule has 2 heteroatoms. The lowest BCUT2D eigenvalue weighted by molar-refractivity contribution is 1.19. The van der Waals surface area contributed by atoms with E-state index in [0.29, 0.717) is 0 Å². The Kier molecular flexibility index (Phi) is 5.53. The molecule has 196 valence electrons. The highest BCUT2D eigenvalue weighted by Crippen LogP contribution is 2.40. The fourth-order valence-electron chi connectivity index (χ4n) is 6.50. The molecule has 6 aromatic carbocycles. The molecule has 0 saturated carbocycles. The summed E-state index contributed by atoms with van der Waals surface area (Å²) in [6, 6.07) is 48.6. The van der Waals surface area contributed by atoms with Crippen molar-refractivity contribution in [3.63, 3.8) is 0 Å². The highest BCUT2D eigenvalue weighted by atomic mass is 15.1. The van der Waals surface area contributed by atoms with Crippen LogP contribution in [0.3, 0.4) is 0 Å². The highest BCUT2D eigenvalue weighted by Gasteiger charge is 2.19. The average molecular weight is 527 g/mol. The van der Waals surface area contributed by atoms with Crippen molar-refractivity contribution in [3.05, 3.63) is 156 Å². The molecule has 2 aliphatic rings. The van der Waals surface area contributed by atoms with E-state index in [1.165, 1.54) is 67.0 Å². The first-order chi connectivity index (χ1) is 20.2. The minimum absolute atomic E-state index is 1.01. The molecule has 0 spiro atoms. The molecule has 6 aromatic rings. The smallest absolute Gasteiger partial charge is 0.0411 e. The molecule has 1 N–H and O–H groups in total. The standard InChI is InChI=1S/C39H30N2/c1-41(35-19-21-39-31(25-35)23-29-7-3-5-9-37(29)39)34-17-12-27(13-18-34)26-10-14-32(15-11-26)40-33-16-20-38-30(24-33)22-28-6-2-4-8-36(28)38/h2-21,24-25,40H,22-23H2,1H3. The SMILES string of the molecule is CN(c1ccc(-c2ccc(Nc3ccc4c(c3)Cc3ccccc3-4)cc2)cc1)c1ccc2c(c1)Cc1ccccc1-2. The fourth-order valence-corrected chi connectivity index (χ4v) is 6.50. The van der Waals surface area contributed by atoms with Gasteiger partial charge in [-0.2, -0.15) is 0 Å². The minimum Gasteiger partial charge on any atom is -0.356 e. The van der Waals surface area contributed by atoms with Crippen LogP contribution in [-0.4, -0.2) is 7.05 Å². The van der Waals surface area contributed by atoms with Crippen LogP contribution in [0.1, 0.15) is 22.3 Å². The Bertz CT molecular complexity index is 1920. The lowest BCUT2D eigenvalue weighted by atomic mass is 10.0. The van der Waals surface area contributed by atoms with Gasteiger partial charge in [-0.3, -0.25) is 0 Å². The molecule has 2 aliphatic carbocycles. The molecule has 0 saturated heterocycles. The third-order valence-corrected chi connectivity index (χ3v) is 8.72. The van der Waals surface area contributed by atoms with Gasteiger partial charge in [0.05, 0.1) is 0 Å². The highest BCUT2D eigenvalue weighted by molar-refractivity contribution is 5.81. The lowest BCUT2D eigenvalue weighted by Crippen LogP contribution is -2.09. The van der Waals surface area contributed by atoms with Gasteiger partial charge in [-0.25, -0.2) is 0 Å². The van der Waals surface area contributed by atoms with Crippen molar-refractivity contribution in [1.82, 2.24) is 0 Å². The zero-order chi connectivity index (χ0) is 27.3. The largest absolute Gasteiger partial charge is 0.356 e. The first-order valence-corrected chi connectivity index (χ1v) is 14.3. The van der Waals surface area contributed by atoms with E-state index in [-0.39, 0.29) is 0 Å². The van der Waals surface area contributed by atoms with Gasteiger partial charge in [0, 0.05) is 29.8 Å². The molecule has 0 aromatic heterocycles. The van der Waals surface area contributed by atoms with Gasteiger partial charge in [0.15, 0.2) is 0 Å². The van der Waals surface area contributed by atoms with Crippen molar-refractivity contribution in [2.45, 2.75) is 12.8 Å². The van der Waals surface area contributed by atoms with Crippen LogP contribution in [0.5, 0.6) is 0 Å². The number of nitrogens with zero attached hydrogens (tertiary/aromatic N) is 1. The fraction of sp³-hybridized carbons (Fsp3) is 0.0769. The van der Waals surface area contributed by atoms with Gasteiger partial charge >= 0.3 is 0 Å². The predicted molar refractivity (Wildman–Crippen MR) is 173 cm³/mol. The molecule has 41 heavy (non-hydrogen) atoms. The first-order valence-electron chi connectivity index (χ1n) is 14.3. The summed E-state index contributed by atoms with van der Waals surface area (Å²) in [6.45, 7) is 0. The normalized spacial score (nSPS) is 12.3. The second kappa shape index (κ2) is 9.53. The van der Waals surface area contributed by atoms with Crippen LogP contribution in [0.2, 0.25) is 0 Å². The molecule has 0 radical (unpaired) electrons. The number of fused-ring (bicyclic) bond motifs is 6. The maximum absolute atomic E-state index is 3.60. The topological polar surface area (TPSA) is 15.3 Å². The van der Waals surface area contributed by atoms with Crippen LogP contribution in [-0.2, 0) is 12.8 Å². The Labute approximate surface area is 241 Å². The summed E-state index contributed by atoms with van der Waals surface area (Å²) < 4.78 is 0. The Hall–Kier alpha value is -5.08. The number of benzene rings is 6. The van der Waals surface area contributed by atoms with E-state index in [1.54, 1.807) is 0 Å². The van der Waals surface area contributed by atoms with Gasteiger partial charge in [0.1, 0.15) is 0 Å². The van der Waals surface area contributed by atoms with Gasteiger partial charge in [-0.1, -0.05) is 84.9 Å². The quantitative estimate of drug-likeness (QED) is 0.240. The van der Waals surface area contributed by atoms with E-state index in [1.807, 2.05) is 0 Å². The average Bonchev–Trinajstić information content (AvgIpc) is 3.58. The minimum atomic E-state index is 1.01. The van der Waals surface area contributed by atoms with E-state index >= 15 is 0 Å². The van der Waals surface area contributed by atoms with Crippen LogP contribution in [0.4, 0.5) is 22.7 Å². The maximum atomic E-state index is 3.60. The molecule has 0 fully saturated rings. The summed E-state index contributed by atoms with van der Waals surface area (Å²) in [5.74, 6) is 0. The van der Waals surface area contributed by atoms with Crippen molar-refractivity contribution in [2.24, 2.45) is 0 Å². The molecule has 0 bridgehead atoms. The van der Waals surface area contributed by atoms with Gasteiger partial charge in [-0.15, -0.1) is 0 Å². The van der Waals surface area contributed by atoms with Crippen LogP contribution in [0, 0.1) is 0 Å². The number of hydrogen-bond acceptors (Lipinski definition) is 2. The molecular formula is C39H30N2. The Balaban J connectivity index is 0.962. The van der Waals surface area contributed by atoms with Crippen molar-refractivity contribution in [3.8, 4) is 33.4 Å². The number of hydrogen-bond donors (Lipinski definition) is 1. The Morgan fingerprint density at radius 2 is 0.927 bits per heavy atom. The lowest BCUT2D eigenvalue weighted by Gasteiger charge is -2.21. The van der Waals surface area contributed by atoms with Crippen LogP contribution >= 0.6 is 0 Å². The molecule has 2 nitrogen and oxygen atoms in total. The molecule has 0 amide bonds. The van der Waals surface area contributed by atoms with Crippen LogP contribution in [0.25, 0.3) is 33.4 Å². The number of rotatable bonds is 5. The zero-order valence-corrected chi connectivity index (χ0v) is 23.1. The second-order valence-corrected chi connectivity index (χ2v) is 11.2. The molecule has 0 unspecified atom stereocenters.